The van der Waals surface area contributed by atoms with E-state index >= 15 is 0 Å². The van der Waals surface area contributed by atoms with Crippen LogP contribution < -0.4 is 15.4 Å². The van der Waals surface area contributed by atoms with E-state index in [9.17, 15) is 18.0 Å². The van der Waals surface area contributed by atoms with Gasteiger partial charge in [0.05, 0.1) is 16.1 Å². The van der Waals surface area contributed by atoms with E-state index in [0.717, 1.165) is 18.4 Å². The van der Waals surface area contributed by atoms with Crippen molar-refractivity contribution < 1.29 is 18.0 Å². The number of carbonyl (C=O) groups excluding carboxylic acids is 2. The molecule has 7 nitrogen and oxygen atoms in total. The lowest BCUT2D eigenvalue weighted by molar-refractivity contribution is 0.0952. The minimum absolute atomic E-state index is 0.0700. The Kier molecular flexibility index (Phi) is 7.84. The molecule has 0 saturated heterocycles. The van der Waals surface area contributed by atoms with Gasteiger partial charge in [0.25, 0.3) is 21.8 Å². The monoisotopic (exact) mass is 465 g/mol. The molecule has 3 rings (SSSR count). The molecule has 0 radical (unpaired) electrons. The third-order valence-corrected chi connectivity index (χ3v) is 6.31. The largest absolute Gasteiger partial charge is 0.352 e. The second kappa shape index (κ2) is 10.8. The summed E-state index contributed by atoms with van der Waals surface area (Å²) in [6, 6.07) is 19.4. The maximum atomic E-state index is 13.0. The van der Waals surface area contributed by atoms with Gasteiger partial charge >= 0.3 is 0 Å². The summed E-state index contributed by atoms with van der Waals surface area (Å²) in [5.41, 5.74) is 2.22. The molecule has 0 atom stereocenters. The van der Waals surface area contributed by atoms with Gasteiger partial charge in [0.2, 0.25) is 0 Å². The Labute approximate surface area is 194 Å². The molecule has 3 aromatic carbocycles. The van der Waals surface area contributed by atoms with E-state index < -0.39 is 15.9 Å². The number of anilines is 2. The van der Waals surface area contributed by atoms with Gasteiger partial charge in [-0.15, -0.1) is 0 Å². The van der Waals surface area contributed by atoms with Crippen LogP contribution >= 0.6 is 0 Å². The molecule has 0 bridgehead atoms. The second-order valence-corrected chi connectivity index (χ2v) is 9.29. The van der Waals surface area contributed by atoms with Crippen molar-refractivity contribution in [1.82, 2.24) is 5.32 Å². The molecule has 2 amide bonds. The van der Waals surface area contributed by atoms with E-state index in [2.05, 4.69) is 15.4 Å². The lowest BCUT2D eigenvalue weighted by Crippen LogP contribution is -2.25. The molecule has 0 saturated carbocycles. The Morgan fingerprint density at radius 1 is 0.879 bits per heavy atom. The number of amides is 2. The first-order chi connectivity index (χ1) is 15.8. The Bertz CT molecular complexity index is 1240. The number of rotatable bonds is 9. The number of nitrogens with one attached hydrogen (secondary N) is 3. The maximum absolute atomic E-state index is 13.0. The summed E-state index contributed by atoms with van der Waals surface area (Å²) >= 11 is 0. The standard InChI is InChI=1S/C25H27N3O4S/c1-3-4-16-26-24(29)19-8-7-9-21(17-19)33(31,32)28-23-11-6-5-10-22(23)25(30)27-20-14-12-18(2)13-15-20/h5-15,17,28H,3-4,16H2,1-2H3,(H,26,29)(H,27,30). The molecule has 8 heteroatoms. The van der Waals surface area contributed by atoms with Gasteiger partial charge < -0.3 is 10.6 Å². The van der Waals surface area contributed by atoms with E-state index in [0.29, 0.717) is 12.2 Å². The van der Waals surface area contributed by atoms with E-state index in [-0.39, 0.29) is 27.6 Å². The van der Waals surface area contributed by atoms with Crippen molar-refractivity contribution >= 4 is 33.2 Å². The average molecular weight is 466 g/mol. The number of hydrogen-bond donors (Lipinski definition) is 3. The van der Waals surface area contributed by atoms with Gasteiger partial charge in [0.15, 0.2) is 0 Å². The van der Waals surface area contributed by atoms with Crippen LogP contribution in [0.1, 0.15) is 46.0 Å². The number of sulfonamides is 1. The minimum atomic E-state index is -4.04. The summed E-state index contributed by atoms with van der Waals surface area (Å²) in [6.07, 6.45) is 1.78. The van der Waals surface area contributed by atoms with Crippen LogP contribution in [-0.2, 0) is 10.0 Å². The zero-order valence-electron chi connectivity index (χ0n) is 18.6. The molecule has 3 aromatic rings. The van der Waals surface area contributed by atoms with Gasteiger partial charge in [-0.2, -0.15) is 0 Å². The van der Waals surface area contributed by atoms with Gasteiger partial charge in [-0.05, 0) is 55.8 Å². The first-order valence-electron chi connectivity index (χ1n) is 10.7. The van der Waals surface area contributed by atoms with Crippen LogP contribution in [0.25, 0.3) is 0 Å². The van der Waals surface area contributed by atoms with Crippen LogP contribution in [-0.4, -0.2) is 26.8 Å². The second-order valence-electron chi connectivity index (χ2n) is 7.61. The Balaban J connectivity index is 1.80. The first kappa shape index (κ1) is 24.0. The summed E-state index contributed by atoms with van der Waals surface area (Å²) in [5, 5.41) is 5.54. The highest BCUT2D eigenvalue weighted by atomic mass is 32.2. The van der Waals surface area contributed by atoms with Crippen LogP contribution in [0.5, 0.6) is 0 Å². The van der Waals surface area contributed by atoms with E-state index in [1.807, 2.05) is 26.0 Å². The number of aryl methyl sites for hydroxylation is 1. The van der Waals surface area contributed by atoms with Crippen molar-refractivity contribution in [1.29, 1.82) is 0 Å². The van der Waals surface area contributed by atoms with Crippen LogP contribution in [0.4, 0.5) is 11.4 Å². The fourth-order valence-electron chi connectivity index (χ4n) is 3.09. The molecule has 0 spiro atoms. The van der Waals surface area contributed by atoms with E-state index in [1.165, 1.54) is 24.3 Å². The molecule has 0 aliphatic rings. The van der Waals surface area contributed by atoms with Crippen LogP contribution in [0.3, 0.4) is 0 Å². The zero-order chi connectivity index (χ0) is 23.8. The predicted molar refractivity (Wildman–Crippen MR) is 130 cm³/mol. The Morgan fingerprint density at radius 2 is 1.61 bits per heavy atom. The smallest absolute Gasteiger partial charge is 0.261 e. The van der Waals surface area contributed by atoms with Gasteiger partial charge in [0.1, 0.15) is 0 Å². The summed E-state index contributed by atoms with van der Waals surface area (Å²) in [5.74, 6) is -0.778. The van der Waals surface area contributed by atoms with Gasteiger partial charge in [-0.3, -0.25) is 14.3 Å². The van der Waals surface area contributed by atoms with Gasteiger partial charge in [-0.1, -0.05) is 49.2 Å². The normalized spacial score (nSPS) is 11.0. The topological polar surface area (TPSA) is 104 Å². The molecule has 0 aliphatic heterocycles. The average Bonchev–Trinajstić information content (AvgIpc) is 2.81. The molecule has 0 fully saturated rings. The van der Waals surface area contributed by atoms with Gasteiger partial charge in [-0.25, -0.2) is 8.42 Å². The predicted octanol–water partition coefficient (Wildman–Crippen LogP) is 4.58. The van der Waals surface area contributed by atoms with Crippen LogP contribution in [0.15, 0.2) is 77.7 Å². The van der Waals surface area contributed by atoms with E-state index in [4.69, 9.17) is 0 Å². The van der Waals surface area contributed by atoms with Crippen molar-refractivity contribution in [3.05, 3.63) is 89.5 Å². The summed E-state index contributed by atoms with van der Waals surface area (Å²) in [7, 11) is -4.04. The van der Waals surface area contributed by atoms with Crippen molar-refractivity contribution in [2.24, 2.45) is 0 Å². The maximum Gasteiger partial charge on any atom is 0.261 e. The van der Waals surface area contributed by atoms with E-state index in [1.54, 1.807) is 36.4 Å². The number of carbonyl (C=O) groups is 2. The molecule has 0 aromatic heterocycles. The SMILES string of the molecule is CCCCNC(=O)c1cccc(S(=O)(=O)Nc2ccccc2C(=O)Nc2ccc(C)cc2)c1. The fourth-order valence-corrected chi connectivity index (χ4v) is 4.22. The zero-order valence-corrected chi connectivity index (χ0v) is 19.4. The first-order valence-corrected chi connectivity index (χ1v) is 12.2. The van der Waals surface area contributed by atoms with Crippen LogP contribution in [0, 0.1) is 6.92 Å². The third kappa shape index (κ3) is 6.43. The van der Waals surface area contributed by atoms with Crippen molar-refractivity contribution in [3.63, 3.8) is 0 Å². The lowest BCUT2D eigenvalue weighted by Gasteiger charge is -2.13. The number of unbranched alkanes of at least 4 members (excludes halogenated alkanes) is 1. The quantitative estimate of drug-likeness (QED) is 0.402. The highest BCUT2D eigenvalue weighted by Crippen LogP contribution is 2.22. The number of para-hydroxylation sites is 1. The Morgan fingerprint density at radius 3 is 2.33 bits per heavy atom. The molecule has 33 heavy (non-hydrogen) atoms. The summed E-state index contributed by atoms with van der Waals surface area (Å²) in [4.78, 5) is 25.1. The van der Waals surface area contributed by atoms with Gasteiger partial charge in [0, 0.05) is 17.8 Å². The molecular weight excluding hydrogens is 438 g/mol. The molecule has 0 unspecified atom stereocenters. The minimum Gasteiger partial charge on any atom is -0.352 e. The number of hydrogen-bond acceptors (Lipinski definition) is 4. The van der Waals surface area contributed by atoms with Crippen molar-refractivity contribution in [2.45, 2.75) is 31.6 Å². The molecule has 172 valence electrons. The van der Waals surface area contributed by atoms with Crippen molar-refractivity contribution in [2.75, 3.05) is 16.6 Å². The lowest BCUT2D eigenvalue weighted by atomic mass is 10.1. The fraction of sp³-hybridized carbons (Fsp3) is 0.200. The van der Waals surface area contributed by atoms with Crippen molar-refractivity contribution in [3.8, 4) is 0 Å². The summed E-state index contributed by atoms with van der Waals surface area (Å²) in [6.45, 7) is 4.48. The third-order valence-electron chi connectivity index (χ3n) is 4.95. The summed E-state index contributed by atoms with van der Waals surface area (Å²) < 4.78 is 28.5. The highest BCUT2D eigenvalue weighted by molar-refractivity contribution is 7.92. The molecule has 3 N–H and O–H groups in total. The highest BCUT2D eigenvalue weighted by Gasteiger charge is 2.20. The Hall–Kier alpha value is -3.65. The number of benzene rings is 3. The molecule has 0 heterocycles. The van der Waals surface area contributed by atoms with Crippen LogP contribution in [0.2, 0.25) is 0 Å². The molecule has 0 aliphatic carbocycles. The molecular formula is C25H27N3O4S.